The van der Waals surface area contributed by atoms with Crippen LogP contribution in [0.25, 0.3) is 0 Å². The molecule has 1 aliphatic heterocycles. The molecule has 1 aromatic carbocycles. The molecule has 2 heterocycles. The van der Waals surface area contributed by atoms with Crippen LogP contribution in [0.15, 0.2) is 52.2 Å². The van der Waals surface area contributed by atoms with Crippen molar-refractivity contribution in [1.82, 2.24) is 9.66 Å². The number of nitrogens with zero attached hydrogens (tertiary/aromatic N) is 5. The Morgan fingerprint density at radius 1 is 1.35 bits per heavy atom. The van der Waals surface area contributed by atoms with E-state index >= 15 is 0 Å². The van der Waals surface area contributed by atoms with E-state index in [2.05, 4.69) is 39.8 Å². The molecule has 0 unspecified atom stereocenters. The molecule has 0 atom stereocenters. The average Bonchev–Trinajstić information content (AvgIpc) is 2.91. The fourth-order valence-electron chi connectivity index (χ4n) is 1.70. The quantitative estimate of drug-likeness (QED) is 0.764. The van der Waals surface area contributed by atoms with Gasteiger partial charge in [-0.05, 0) is 23.6 Å². The van der Waals surface area contributed by atoms with Crippen LogP contribution in [0, 0.1) is 0 Å². The first-order valence-electron chi connectivity index (χ1n) is 5.21. The van der Waals surface area contributed by atoms with Crippen LogP contribution in [0.3, 0.4) is 0 Å². The third kappa shape index (κ3) is 1.91. The molecule has 1 aliphatic rings. The smallest absolute Gasteiger partial charge is 0.116 e. The Kier molecular flexibility index (Phi) is 2.56. The maximum absolute atomic E-state index is 4.23. The van der Waals surface area contributed by atoms with Crippen molar-refractivity contribution in [3.63, 3.8) is 0 Å². The monoisotopic (exact) mass is 245 g/mol. The second-order valence-electron chi connectivity index (χ2n) is 3.66. The van der Waals surface area contributed by atoms with Crippen LogP contribution in [0.2, 0.25) is 0 Å². The zero-order chi connectivity index (χ0) is 11.7. The third-order valence-electron chi connectivity index (χ3n) is 2.62. The van der Waals surface area contributed by atoms with Crippen LogP contribution in [0.5, 0.6) is 0 Å². The van der Waals surface area contributed by atoms with E-state index in [0.29, 0.717) is 6.54 Å². The summed E-state index contributed by atoms with van der Waals surface area (Å²) >= 11 is 1.71. The van der Waals surface area contributed by atoms with Gasteiger partial charge in [-0.3, -0.25) is 0 Å². The highest BCUT2D eigenvalue weighted by Gasteiger charge is 2.14. The topological polar surface area (TPSA) is 45.8 Å². The summed E-state index contributed by atoms with van der Waals surface area (Å²) in [4.78, 5) is 5.20. The predicted octanol–water partition coefficient (Wildman–Crippen LogP) is 2.76. The number of aromatic nitrogens is 2. The fourth-order valence-corrected chi connectivity index (χ4v) is 2.13. The summed E-state index contributed by atoms with van der Waals surface area (Å²) in [7, 11) is 0. The van der Waals surface area contributed by atoms with Crippen molar-refractivity contribution in [2.24, 2.45) is 10.3 Å². The summed E-state index contributed by atoms with van der Waals surface area (Å²) in [5.74, 6) is 0. The summed E-state index contributed by atoms with van der Waals surface area (Å²) in [5, 5.41) is 10.2. The molecule has 1 aromatic heterocycles. The number of thioether (sulfide) groups is 1. The van der Waals surface area contributed by atoms with Gasteiger partial charge in [0.1, 0.15) is 6.33 Å². The average molecular weight is 245 g/mol. The lowest BCUT2D eigenvalue weighted by atomic mass is 10.2. The van der Waals surface area contributed by atoms with Gasteiger partial charge in [0.05, 0.1) is 12.2 Å². The van der Waals surface area contributed by atoms with Crippen LogP contribution < -0.4 is 5.12 Å². The van der Waals surface area contributed by atoms with E-state index in [9.17, 15) is 0 Å². The molecule has 0 saturated heterocycles. The molecule has 6 heteroatoms. The van der Waals surface area contributed by atoms with E-state index in [1.807, 2.05) is 10.9 Å². The molecular weight excluding hydrogens is 234 g/mol. The van der Waals surface area contributed by atoms with Gasteiger partial charge in [0, 0.05) is 22.9 Å². The second-order valence-corrected chi connectivity index (χ2v) is 4.54. The van der Waals surface area contributed by atoms with Crippen LogP contribution >= 0.6 is 11.8 Å². The van der Waals surface area contributed by atoms with Crippen molar-refractivity contribution >= 4 is 17.4 Å². The molecule has 0 N–H and O–H groups in total. The normalized spacial score (nSPS) is 13.8. The Morgan fingerprint density at radius 2 is 2.29 bits per heavy atom. The molecule has 3 rings (SSSR count). The molecule has 0 spiro atoms. The number of fused-ring (bicyclic) bond motifs is 1. The highest BCUT2D eigenvalue weighted by atomic mass is 32.2. The minimum absolute atomic E-state index is 0.712. The van der Waals surface area contributed by atoms with Crippen LogP contribution in [0.1, 0.15) is 5.56 Å². The molecule has 0 radical (unpaired) electrons. The van der Waals surface area contributed by atoms with Crippen LogP contribution in [-0.2, 0) is 6.54 Å². The van der Waals surface area contributed by atoms with Gasteiger partial charge < -0.3 is 0 Å². The van der Waals surface area contributed by atoms with E-state index in [0.717, 1.165) is 5.69 Å². The molecular formula is C11H11N5S. The molecule has 0 bridgehead atoms. The molecule has 0 amide bonds. The lowest BCUT2D eigenvalue weighted by Crippen LogP contribution is -2.28. The van der Waals surface area contributed by atoms with Gasteiger partial charge in [-0.25, -0.2) is 9.66 Å². The van der Waals surface area contributed by atoms with E-state index in [4.69, 9.17) is 0 Å². The number of benzene rings is 1. The van der Waals surface area contributed by atoms with E-state index < -0.39 is 0 Å². The molecule has 2 aromatic rings. The zero-order valence-electron chi connectivity index (χ0n) is 9.32. The minimum Gasteiger partial charge on any atom is -0.243 e. The standard InChI is InChI=1S/C11H11N5S/c1-17-10-3-2-9-7-16(14-13-11(9)6-10)15-5-4-12-8-15/h2-6,8H,7H2,1H3. The van der Waals surface area contributed by atoms with Crippen LogP contribution in [0.4, 0.5) is 5.69 Å². The number of hydrogen-bond donors (Lipinski definition) is 0. The molecule has 5 nitrogen and oxygen atoms in total. The largest absolute Gasteiger partial charge is 0.243 e. The number of rotatable bonds is 2. The Morgan fingerprint density at radius 3 is 3.06 bits per heavy atom. The minimum atomic E-state index is 0.712. The molecule has 86 valence electrons. The first-order chi connectivity index (χ1) is 8.36. The van der Waals surface area contributed by atoms with Gasteiger partial charge >= 0.3 is 0 Å². The van der Waals surface area contributed by atoms with Crippen molar-refractivity contribution in [2.45, 2.75) is 11.4 Å². The summed E-state index contributed by atoms with van der Waals surface area (Å²) in [6, 6.07) is 6.27. The van der Waals surface area contributed by atoms with E-state index in [1.165, 1.54) is 10.5 Å². The van der Waals surface area contributed by atoms with Crippen molar-refractivity contribution in [2.75, 3.05) is 11.4 Å². The maximum Gasteiger partial charge on any atom is 0.116 e. The first-order valence-corrected chi connectivity index (χ1v) is 6.43. The maximum atomic E-state index is 4.23. The summed E-state index contributed by atoms with van der Waals surface area (Å²) < 4.78 is 1.81. The predicted molar refractivity (Wildman–Crippen MR) is 66.9 cm³/mol. The van der Waals surface area contributed by atoms with Gasteiger partial charge in [-0.2, -0.15) is 5.12 Å². The zero-order valence-corrected chi connectivity index (χ0v) is 10.1. The van der Waals surface area contributed by atoms with Gasteiger partial charge in [-0.1, -0.05) is 6.07 Å². The molecule has 0 fully saturated rings. The molecule has 17 heavy (non-hydrogen) atoms. The Labute approximate surface area is 103 Å². The first kappa shape index (κ1) is 10.3. The molecule has 0 aliphatic carbocycles. The van der Waals surface area contributed by atoms with Crippen molar-refractivity contribution in [3.8, 4) is 0 Å². The van der Waals surface area contributed by atoms with E-state index in [1.54, 1.807) is 29.4 Å². The fraction of sp³-hybridized carbons (Fsp3) is 0.182. The number of hydrogen-bond acceptors (Lipinski definition) is 5. The molecule has 0 saturated carbocycles. The highest BCUT2D eigenvalue weighted by molar-refractivity contribution is 7.98. The van der Waals surface area contributed by atoms with Gasteiger partial charge in [0.15, 0.2) is 0 Å². The summed E-state index contributed by atoms with van der Waals surface area (Å²) in [6.45, 7) is 0.712. The van der Waals surface area contributed by atoms with E-state index in [-0.39, 0.29) is 0 Å². The lowest BCUT2D eigenvalue weighted by molar-refractivity contribution is 0.566. The second kappa shape index (κ2) is 4.21. The Balaban J connectivity index is 1.92. The Hall–Kier alpha value is -1.82. The Bertz CT molecular complexity index is 549. The lowest BCUT2D eigenvalue weighted by Gasteiger charge is -2.22. The highest BCUT2D eigenvalue weighted by Crippen LogP contribution is 2.29. The summed E-state index contributed by atoms with van der Waals surface area (Å²) in [5.41, 5.74) is 2.12. The van der Waals surface area contributed by atoms with Gasteiger partial charge in [0.25, 0.3) is 0 Å². The van der Waals surface area contributed by atoms with Crippen molar-refractivity contribution < 1.29 is 0 Å². The SMILES string of the molecule is CSc1ccc2c(c1)N=NN(n1ccnc1)C2. The van der Waals surface area contributed by atoms with Gasteiger partial charge in [-0.15, -0.1) is 16.9 Å². The van der Waals surface area contributed by atoms with Crippen LogP contribution in [-0.4, -0.2) is 15.9 Å². The summed E-state index contributed by atoms with van der Waals surface area (Å²) in [6.07, 6.45) is 7.34. The third-order valence-corrected chi connectivity index (χ3v) is 3.34. The van der Waals surface area contributed by atoms with Crippen molar-refractivity contribution in [1.29, 1.82) is 0 Å². The van der Waals surface area contributed by atoms with Gasteiger partial charge in [0.2, 0.25) is 0 Å². The number of imidazole rings is 1. The van der Waals surface area contributed by atoms with Crippen molar-refractivity contribution in [3.05, 3.63) is 42.5 Å².